The van der Waals surface area contributed by atoms with Crippen LogP contribution < -0.4 is 10.3 Å². The van der Waals surface area contributed by atoms with Crippen molar-refractivity contribution in [1.29, 1.82) is 0 Å². The fourth-order valence-corrected chi connectivity index (χ4v) is 3.69. The summed E-state index contributed by atoms with van der Waals surface area (Å²) in [7, 11) is 0. The van der Waals surface area contributed by atoms with Gasteiger partial charge in [-0.2, -0.15) is 5.10 Å². The number of anilines is 1. The van der Waals surface area contributed by atoms with E-state index in [2.05, 4.69) is 26.5 Å². The average molecular weight is 442 g/mol. The van der Waals surface area contributed by atoms with Crippen LogP contribution in [0.15, 0.2) is 64.2 Å². The first-order valence-electron chi connectivity index (χ1n) is 8.66. The molecule has 2 aliphatic heterocycles. The van der Waals surface area contributed by atoms with E-state index in [4.69, 9.17) is 4.74 Å². The van der Waals surface area contributed by atoms with Crippen molar-refractivity contribution in [2.75, 3.05) is 4.90 Å². The second-order valence-electron chi connectivity index (χ2n) is 6.68. The minimum absolute atomic E-state index is 0.00962. The molecule has 8 heteroatoms. The molecule has 0 unspecified atom stereocenters. The third kappa shape index (κ3) is 3.31. The lowest BCUT2D eigenvalue weighted by Gasteiger charge is -2.21. The Balaban J connectivity index is 1.45. The summed E-state index contributed by atoms with van der Waals surface area (Å²) < 4.78 is 6.04. The van der Waals surface area contributed by atoms with E-state index in [0.29, 0.717) is 5.69 Å². The summed E-state index contributed by atoms with van der Waals surface area (Å²) >= 11 is 3.34. The van der Waals surface area contributed by atoms with E-state index < -0.39 is 17.4 Å². The number of nitrogens with one attached hydrogen (secondary N) is 1. The number of esters is 1. The Morgan fingerprint density at radius 2 is 1.93 bits per heavy atom. The van der Waals surface area contributed by atoms with Gasteiger partial charge in [0.2, 0.25) is 5.91 Å². The molecule has 1 N–H and O–H groups in total. The topological polar surface area (TPSA) is 88.1 Å². The molecule has 2 aliphatic rings. The van der Waals surface area contributed by atoms with E-state index in [-0.39, 0.29) is 31.1 Å². The molecule has 28 heavy (non-hydrogen) atoms. The van der Waals surface area contributed by atoms with Crippen LogP contribution in [0.1, 0.15) is 18.4 Å². The van der Waals surface area contributed by atoms with Crippen molar-refractivity contribution in [2.24, 2.45) is 5.10 Å². The summed E-state index contributed by atoms with van der Waals surface area (Å²) in [4.78, 5) is 39.0. The molecule has 1 saturated heterocycles. The van der Waals surface area contributed by atoms with Gasteiger partial charge in [0, 0.05) is 10.9 Å². The molecular weight excluding hydrogens is 426 g/mol. The molecule has 1 spiro atoms. The standard InChI is InChI=1S/C20H16BrN3O4/c21-14-7-4-8-15(9-14)24-17(25)11-20(19(24)27)10-16(22-23-20)18(26)28-12-13-5-2-1-3-6-13/h1-9,23H,10-12H2/t20-/m1/s1. The summed E-state index contributed by atoms with van der Waals surface area (Å²) in [6.45, 7) is 0.114. The van der Waals surface area contributed by atoms with Crippen molar-refractivity contribution in [3.05, 3.63) is 64.6 Å². The van der Waals surface area contributed by atoms with E-state index in [9.17, 15) is 14.4 Å². The summed E-state index contributed by atoms with van der Waals surface area (Å²) in [6.07, 6.45) is -0.0625. The third-order valence-electron chi connectivity index (χ3n) is 4.70. The molecule has 0 aliphatic carbocycles. The number of hydrogen-bond acceptors (Lipinski definition) is 6. The summed E-state index contributed by atoms with van der Waals surface area (Å²) in [5.74, 6) is -1.37. The van der Waals surface area contributed by atoms with E-state index in [1.165, 1.54) is 0 Å². The number of hydrogen-bond donors (Lipinski definition) is 1. The lowest BCUT2D eigenvalue weighted by Crippen LogP contribution is -2.47. The third-order valence-corrected chi connectivity index (χ3v) is 5.20. The van der Waals surface area contributed by atoms with Gasteiger partial charge in [0.15, 0.2) is 0 Å². The molecule has 0 radical (unpaired) electrons. The van der Waals surface area contributed by atoms with Gasteiger partial charge in [-0.15, -0.1) is 0 Å². The van der Waals surface area contributed by atoms with Crippen molar-refractivity contribution in [3.8, 4) is 0 Å². The minimum atomic E-state index is -1.24. The van der Waals surface area contributed by atoms with Gasteiger partial charge >= 0.3 is 5.97 Å². The van der Waals surface area contributed by atoms with Crippen LogP contribution in [0.2, 0.25) is 0 Å². The second-order valence-corrected chi connectivity index (χ2v) is 7.60. The van der Waals surface area contributed by atoms with Gasteiger partial charge in [-0.1, -0.05) is 52.3 Å². The van der Waals surface area contributed by atoms with Crippen LogP contribution in [0.3, 0.4) is 0 Å². The normalized spacial score (nSPS) is 21.0. The number of ether oxygens (including phenoxy) is 1. The molecule has 4 rings (SSSR count). The number of nitrogens with zero attached hydrogens (tertiary/aromatic N) is 2. The first-order chi connectivity index (χ1) is 13.5. The lowest BCUT2D eigenvalue weighted by molar-refractivity contribution is -0.136. The Bertz CT molecular complexity index is 992. The predicted octanol–water partition coefficient (Wildman–Crippen LogP) is 2.54. The van der Waals surface area contributed by atoms with Crippen molar-refractivity contribution in [1.82, 2.24) is 5.43 Å². The van der Waals surface area contributed by atoms with Gasteiger partial charge in [-0.3, -0.25) is 15.0 Å². The number of rotatable bonds is 4. The van der Waals surface area contributed by atoms with Crippen LogP contribution in [0.4, 0.5) is 5.69 Å². The quantitative estimate of drug-likeness (QED) is 0.581. The first kappa shape index (κ1) is 18.4. The molecule has 142 valence electrons. The Hall–Kier alpha value is -3.00. The number of hydrazone groups is 1. The summed E-state index contributed by atoms with van der Waals surface area (Å²) in [5, 5.41) is 4.00. The summed E-state index contributed by atoms with van der Waals surface area (Å²) in [5.41, 5.74) is 2.92. The van der Waals surface area contributed by atoms with Crippen molar-refractivity contribution >= 4 is 45.1 Å². The highest BCUT2D eigenvalue weighted by molar-refractivity contribution is 9.10. The lowest BCUT2D eigenvalue weighted by atomic mass is 9.93. The number of imide groups is 1. The number of amides is 2. The Morgan fingerprint density at radius 3 is 2.68 bits per heavy atom. The zero-order chi connectivity index (χ0) is 19.7. The number of benzene rings is 2. The number of carbonyl (C=O) groups is 3. The van der Waals surface area contributed by atoms with Crippen molar-refractivity contribution < 1.29 is 19.1 Å². The van der Waals surface area contributed by atoms with Crippen LogP contribution in [0.25, 0.3) is 0 Å². The predicted molar refractivity (Wildman–Crippen MR) is 105 cm³/mol. The van der Waals surface area contributed by atoms with Crippen LogP contribution in [-0.4, -0.2) is 29.0 Å². The number of halogens is 1. The monoisotopic (exact) mass is 441 g/mol. The maximum Gasteiger partial charge on any atom is 0.354 e. The minimum Gasteiger partial charge on any atom is -0.456 e. The van der Waals surface area contributed by atoms with Gasteiger partial charge in [0.25, 0.3) is 5.91 Å². The Labute approximate surface area is 169 Å². The maximum atomic E-state index is 13.0. The van der Waals surface area contributed by atoms with Crippen LogP contribution in [-0.2, 0) is 25.7 Å². The van der Waals surface area contributed by atoms with Crippen molar-refractivity contribution in [2.45, 2.75) is 25.0 Å². The number of carbonyl (C=O) groups excluding carboxylic acids is 3. The van der Waals surface area contributed by atoms with Gasteiger partial charge in [0.1, 0.15) is 17.9 Å². The fraction of sp³-hybridized carbons (Fsp3) is 0.200. The molecule has 7 nitrogen and oxygen atoms in total. The highest BCUT2D eigenvalue weighted by Crippen LogP contribution is 2.35. The van der Waals surface area contributed by atoms with Gasteiger partial charge in [-0.05, 0) is 23.8 Å². The highest BCUT2D eigenvalue weighted by Gasteiger charge is 2.56. The molecule has 2 aromatic carbocycles. The van der Waals surface area contributed by atoms with E-state index >= 15 is 0 Å². The molecule has 0 bridgehead atoms. The molecule has 0 saturated carbocycles. The van der Waals surface area contributed by atoms with Gasteiger partial charge in [-0.25, -0.2) is 9.69 Å². The SMILES string of the molecule is O=C(OCc1ccccc1)C1=NN[C@@]2(CC(=O)N(c3cccc(Br)c3)C2=O)C1. The van der Waals surface area contributed by atoms with E-state index in [1.54, 1.807) is 18.2 Å². The molecule has 0 aromatic heterocycles. The Kier molecular flexibility index (Phi) is 4.72. The molecule has 1 fully saturated rings. The highest BCUT2D eigenvalue weighted by atomic mass is 79.9. The van der Waals surface area contributed by atoms with Crippen LogP contribution in [0.5, 0.6) is 0 Å². The maximum absolute atomic E-state index is 13.0. The van der Waals surface area contributed by atoms with E-state index in [0.717, 1.165) is 14.9 Å². The van der Waals surface area contributed by atoms with Gasteiger partial charge < -0.3 is 4.74 Å². The summed E-state index contributed by atoms with van der Waals surface area (Å²) in [6, 6.07) is 16.2. The van der Waals surface area contributed by atoms with Crippen molar-refractivity contribution in [3.63, 3.8) is 0 Å². The molecule has 2 amide bonds. The van der Waals surface area contributed by atoms with E-state index in [1.807, 2.05) is 36.4 Å². The molecular formula is C20H16BrN3O4. The molecule has 2 aromatic rings. The fourth-order valence-electron chi connectivity index (χ4n) is 3.31. The smallest absolute Gasteiger partial charge is 0.354 e. The zero-order valence-corrected chi connectivity index (χ0v) is 16.3. The Morgan fingerprint density at radius 1 is 1.14 bits per heavy atom. The van der Waals surface area contributed by atoms with Crippen LogP contribution in [0, 0.1) is 0 Å². The molecule has 2 heterocycles. The first-order valence-corrected chi connectivity index (χ1v) is 9.46. The largest absolute Gasteiger partial charge is 0.456 e. The second kappa shape index (κ2) is 7.20. The average Bonchev–Trinajstić information content (AvgIpc) is 3.22. The van der Waals surface area contributed by atoms with Crippen LogP contribution >= 0.6 is 15.9 Å². The van der Waals surface area contributed by atoms with Gasteiger partial charge in [0.05, 0.1) is 12.1 Å². The zero-order valence-electron chi connectivity index (χ0n) is 14.7. The molecule has 1 atom stereocenters.